The summed E-state index contributed by atoms with van der Waals surface area (Å²) in [7, 11) is 0. The standard InChI is InChI=1S/C14H16N2O2S/c1-2-18-13(17)8-11(15)14-16-12(9-19-14)10-6-4-3-5-7-10/h3-7,9,11H,2,8,15H2,1H3. The molecule has 0 saturated carbocycles. The average Bonchev–Trinajstić information content (AvgIpc) is 2.89. The summed E-state index contributed by atoms with van der Waals surface area (Å²) < 4.78 is 4.88. The maximum Gasteiger partial charge on any atom is 0.307 e. The second-order valence-corrected chi connectivity index (χ2v) is 4.94. The van der Waals surface area contributed by atoms with Gasteiger partial charge in [0.2, 0.25) is 0 Å². The molecule has 100 valence electrons. The normalized spacial score (nSPS) is 12.1. The summed E-state index contributed by atoms with van der Waals surface area (Å²) in [6, 6.07) is 9.48. The Morgan fingerprint density at radius 3 is 2.84 bits per heavy atom. The quantitative estimate of drug-likeness (QED) is 0.853. The number of benzene rings is 1. The van der Waals surface area contributed by atoms with Gasteiger partial charge in [-0.15, -0.1) is 11.3 Å². The largest absolute Gasteiger partial charge is 0.466 e. The number of aromatic nitrogens is 1. The highest BCUT2D eigenvalue weighted by atomic mass is 32.1. The van der Waals surface area contributed by atoms with E-state index in [9.17, 15) is 4.79 Å². The lowest BCUT2D eigenvalue weighted by Crippen LogP contribution is -2.17. The molecule has 0 aliphatic rings. The van der Waals surface area contributed by atoms with Crippen LogP contribution in [0.2, 0.25) is 0 Å². The first-order valence-electron chi connectivity index (χ1n) is 6.12. The van der Waals surface area contributed by atoms with Crippen LogP contribution < -0.4 is 5.73 Å². The van der Waals surface area contributed by atoms with Crippen LogP contribution in [0.25, 0.3) is 11.3 Å². The molecule has 0 aliphatic carbocycles. The first-order chi connectivity index (χ1) is 9.20. The van der Waals surface area contributed by atoms with Crippen molar-refractivity contribution in [2.24, 2.45) is 5.73 Å². The Bertz CT molecular complexity index is 539. The van der Waals surface area contributed by atoms with E-state index in [0.717, 1.165) is 16.3 Å². The molecule has 1 unspecified atom stereocenters. The molecule has 0 saturated heterocycles. The van der Waals surface area contributed by atoms with Crippen molar-refractivity contribution in [2.75, 3.05) is 6.61 Å². The van der Waals surface area contributed by atoms with E-state index >= 15 is 0 Å². The maximum absolute atomic E-state index is 11.4. The molecule has 0 radical (unpaired) electrons. The Hall–Kier alpha value is -1.72. The van der Waals surface area contributed by atoms with Crippen LogP contribution in [-0.2, 0) is 9.53 Å². The third-order valence-electron chi connectivity index (χ3n) is 2.60. The first kappa shape index (κ1) is 13.7. The number of carbonyl (C=O) groups excluding carboxylic acids is 1. The smallest absolute Gasteiger partial charge is 0.307 e. The third kappa shape index (κ3) is 3.62. The van der Waals surface area contributed by atoms with Gasteiger partial charge in [0.05, 0.1) is 24.8 Å². The van der Waals surface area contributed by atoms with E-state index in [-0.39, 0.29) is 12.4 Å². The minimum Gasteiger partial charge on any atom is -0.466 e. The minimum atomic E-state index is -0.401. The second-order valence-electron chi connectivity index (χ2n) is 4.05. The van der Waals surface area contributed by atoms with Gasteiger partial charge in [0.1, 0.15) is 5.01 Å². The molecule has 5 heteroatoms. The van der Waals surface area contributed by atoms with Crippen LogP contribution in [0.15, 0.2) is 35.7 Å². The van der Waals surface area contributed by atoms with Crippen molar-refractivity contribution in [3.8, 4) is 11.3 Å². The number of hydrogen-bond acceptors (Lipinski definition) is 5. The van der Waals surface area contributed by atoms with Gasteiger partial charge in [-0.25, -0.2) is 4.98 Å². The van der Waals surface area contributed by atoms with Gasteiger partial charge in [-0.1, -0.05) is 30.3 Å². The highest BCUT2D eigenvalue weighted by Gasteiger charge is 2.16. The third-order valence-corrected chi connectivity index (χ3v) is 3.58. The van der Waals surface area contributed by atoms with E-state index < -0.39 is 6.04 Å². The topological polar surface area (TPSA) is 65.2 Å². The van der Waals surface area contributed by atoms with Crippen molar-refractivity contribution >= 4 is 17.3 Å². The van der Waals surface area contributed by atoms with Gasteiger partial charge >= 0.3 is 5.97 Å². The fourth-order valence-corrected chi connectivity index (χ4v) is 2.52. The molecular weight excluding hydrogens is 260 g/mol. The molecule has 2 aromatic rings. The van der Waals surface area contributed by atoms with Crippen molar-refractivity contribution in [2.45, 2.75) is 19.4 Å². The van der Waals surface area contributed by atoms with Gasteiger partial charge in [-0.05, 0) is 6.92 Å². The van der Waals surface area contributed by atoms with Gasteiger partial charge in [-0.3, -0.25) is 4.79 Å². The van der Waals surface area contributed by atoms with Gasteiger partial charge in [0.25, 0.3) is 0 Å². The molecule has 0 spiro atoms. The molecule has 1 atom stereocenters. The SMILES string of the molecule is CCOC(=O)CC(N)c1nc(-c2ccccc2)cs1. The molecule has 1 aromatic carbocycles. The monoisotopic (exact) mass is 276 g/mol. The number of rotatable bonds is 5. The summed E-state index contributed by atoms with van der Waals surface area (Å²) in [5.41, 5.74) is 7.90. The number of ether oxygens (including phenoxy) is 1. The van der Waals surface area contributed by atoms with E-state index in [1.54, 1.807) is 6.92 Å². The summed E-state index contributed by atoms with van der Waals surface area (Å²) >= 11 is 1.47. The molecule has 0 aliphatic heterocycles. The lowest BCUT2D eigenvalue weighted by Gasteiger charge is -2.07. The molecule has 1 aromatic heterocycles. The number of carbonyl (C=O) groups is 1. The maximum atomic E-state index is 11.4. The molecular formula is C14H16N2O2S. The van der Waals surface area contributed by atoms with Crippen LogP contribution in [0.5, 0.6) is 0 Å². The number of thiazole rings is 1. The first-order valence-corrected chi connectivity index (χ1v) is 7.00. The van der Waals surface area contributed by atoms with Gasteiger partial charge < -0.3 is 10.5 Å². The Morgan fingerprint density at radius 2 is 2.16 bits per heavy atom. The molecule has 2 rings (SSSR count). The predicted molar refractivity (Wildman–Crippen MR) is 75.7 cm³/mol. The minimum absolute atomic E-state index is 0.162. The van der Waals surface area contributed by atoms with Crippen molar-refractivity contribution in [3.63, 3.8) is 0 Å². The molecule has 0 bridgehead atoms. The summed E-state index contributed by atoms with van der Waals surface area (Å²) in [6.45, 7) is 2.15. The Morgan fingerprint density at radius 1 is 1.42 bits per heavy atom. The molecule has 0 amide bonds. The van der Waals surface area contributed by atoms with E-state index in [2.05, 4.69) is 4.98 Å². The summed E-state index contributed by atoms with van der Waals surface area (Å²) in [5.74, 6) is -0.286. The highest BCUT2D eigenvalue weighted by Crippen LogP contribution is 2.25. The second kappa shape index (κ2) is 6.45. The number of esters is 1. The lowest BCUT2D eigenvalue weighted by molar-refractivity contribution is -0.143. The van der Waals surface area contributed by atoms with Crippen LogP contribution in [0.4, 0.5) is 0 Å². The molecule has 2 N–H and O–H groups in total. The Labute approximate surface area is 116 Å². The van der Waals surface area contributed by atoms with Crippen LogP contribution in [-0.4, -0.2) is 17.6 Å². The van der Waals surface area contributed by atoms with Crippen LogP contribution in [0.3, 0.4) is 0 Å². The Balaban J connectivity index is 2.07. The zero-order valence-corrected chi connectivity index (χ0v) is 11.5. The van der Waals surface area contributed by atoms with Gasteiger partial charge in [0, 0.05) is 10.9 Å². The van der Waals surface area contributed by atoms with Crippen LogP contribution >= 0.6 is 11.3 Å². The number of hydrogen-bond donors (Lipinski definition) is 1. The molecule has 1 heterocycles. The van der Waals surface area contributed by atoms with E-state index in [4.69, 9.17) is 10.5 Å². The van der Waals surface area contributed by atoms with Crippen LogP contribution in [0.1, 0.15) is 24.4 Å². The zero-order chi connectivity index (χ0) is 13.7. The summed E-state index contributed by atoms with van der Waals surface area (Å²) in [6.07, 6.45) is 0.162. The number of nitrogens with zero attached hydrogens (tertiary/aromatic N) is 1. The van der Waals surface area contributed by atoms with E-state index in [0.29, 0.717) is 6.61 Å². The average molecular weight is 276 g/mol. The fourth-order valence-electron chi connectivity index (χ4n) is 1.69. The van der Waals surface area contributed by atoms with Crippen molar-refractivity contribution < 1.29 is 9.53 Å². The molecule has 4 nitrogen and oxygen atoms in total. The Kier molecular flexibility index (Phi) is 4.65. The van der Waals surface area contributed by atoms with Gasteiger partial charge in [0.15, 0.2) is 0 Å². The zero-order valence-electron chi connectivity index (χ0n) is 10.7. The van der Waals surface area contributed by atoms with E-state index in [1.165, 1.54) is 11.3 Å². The predicted octanol–water partition coefficient (Wildman–Crippen LogP) is 2.76. The van der Waals surface area contributed by atoms with Crippen LogP contribution in [0, 0.1) is 0 Å². The van der Waals surface area contributed by atoms with E-state index in [1.807, 2.05) is 35.7 Å². The van der Waals surface area contributed by atoms with Crippen molar-refractivity contribution in [3.05, 3.63) is 40.7 Å². The van der Waals surface area contributed by atoms with Gasteiger partial charge in [-0.2, -0.15) is 0 Å². The van der Waals surface area contributed by atoms with Crippen molar-refractivity contribution in [1.82, 2.24) is 4.98 Å². The van der Waals surface area contributed by atoms with Crippen molar-refractivity contribution in [1.29, 1.82) is 0 Å². The molecule has 19 heavy (non-hydrogen) atoms. The summed E-state index contributed by atoms with van der Waals surface area (Å²) in [4.78, 5) is 15.9. The summed E-state index contributed by atoms with van der Waals surface area (Å²) in [5, 5.41) is 2.71. The molecule has 0 fully saturated rings. The lowest BCUT2D eigenvalue weighted by atomic mass is 10.2. The highest BCUT2D eigenvalue weighted by molar-refractivity contribution is 7.10. The number of nitrogens with two attached hydrogens (primary N) is 1. The fraction of sp³-hybridized carbons (Fsp3) is 0.286.